The highest BCUT2D eigenvalue weighted by molar-refractivity contribution is 6.34. The van der Waals surface area contributed by atoms with Crippen LogP contribution in [0.25, 0.3) is 0 Å². The summed E-state index contributed by atoms with van der Waals surface area (Å²) in [6, 6.07) is 13.5. The Morgan fingerprint density at radius 3 is 2.55 bits per heavy atom. The van der Waals surface area contributed by atoms with Crippen molar-refractivity contribution in [3.63, 3.8) is 0 Å². The predicted octanol–water partition coefficient (Wildman–Crippen LogP) is 2.39. The first-order chi connectivity index (χ1) is 9.61. The van der Waals surface area contributed by atoms with Crippen molar-refractivity contribution in [2.24, 2.45) is 0 Å². The van der Waals surface area contributed by atoms with Crippen molar-refractivity contribution in [3.8, 4) is 0 Å². The lowest BCUT2D eigenvalue weighted by atomic mass is 10.1. The van der Waals surface area contributed by atoms with E-state index in [0.717, 1.165) is 5.56 Å². The first-order valence-corrected chi connectivity index (χ1v) is 6.51. The summed E-state index contributed by atoms with van der Waals surface area (Å²) in [6.45, 7) is -0.192. The van der Waals surface area contributed by atoms with Gasteiger partial charge in [-0.15, -0.1) is 0 Å². The molecule has 0 radical (unpaired) electrons. The Labute approximate surface area is 122 Å². The molecule has 4 nitrogen and oxygen atoms in total. The van der Waals surface area contributed by atoms with Crippen LogP contribution in [-0.2, 0) is 0 Å². The molecule has 2 aromatic carbocycles. The molecule has 0 aliphatic carbocycles. The van der Waals surface area contributed by atoms with Gasteiger partial charge in [0.05, 0.1) is 23.2 Å². The summed E-state index contributed by atoms with van der Waals surface area (Å²) >= 11 is 5.99. The van der Waals surface area contributed by atoms with E-state index in [1.807, 2.05) is 30.3 Å². The first kappa shape index (κ1) is 14.4. The summed E-state index contributed by atoms with van der Waals surface area (Å²) in [5, 5.41) is 12.5. The molecule has 2 rings (SSSR count). The molecule has 1 atom stereocenters. The average molecular weight is 291 g/mol. The number of rotatable bonds is 4. The summed E-state index contributed by atoms with van der Waals surface area (Å²) in [6.07, 6.45) is 0. The standard InChI is InChI=1S/C15H15ClN2O2/c16-13-8-11(17)6-7-12(13)15(20)18-14(9-19)10-4-2-1-3-5-10/h1-8,14,19H,9,17H2,(H,18,20)/t14-/m1/s1. The number of nitrogens with one attached hydrogen (secondary N) is 1. The molecule has 0 aliphatic heterocycles. The van der Waals surface area contributed by atoms with Crippen molar-refractivity contribution in [2.75, 3.05) is 12.3 Å². The van der Waals surface area contributed by atoms with E-state index < -0.39 is 6.04 Å². The van der Waals surface area contributed by atoms with Crippen molar-refractivity contribution >= 4 is 23.2 Å². The second-order valence-electron chi connectivity index (χ2n) is 4.36. The topological polar surface area (TPSA) is 75.4 Å². The van der Waals surface area contributed by atoms with Crippen LogP contribution in [0.4, 0.5) is 5.69 Å². The van der Waals surface area contributed by atoms with Crippen molar-refractivity contribution in [3.05, 3.63) is 64.7 Å². The molecular formula is C15H15ClN2O2. The number of aliphatic hydroxyl groups excluding tert-OH is 1. The SMILES string of the molecule is Nc1ccc(C(=O)N[C@H](CO)c2ccccc2)c(Cl)c1. The number of amides is 1. The summed E-state index contributed by atoms with van der Waals surface area (Å²) in [5.74, 6) is -0.349. The van der Waals surface area contributed by atoms with E-state index in [-0.39, 0.29) is 17.5 Å². The van der Waals surface area contributed by atoms with Crippen LogP contribution in [0.5, 0.6) is 0 Å². The maximum atomic E-state index is 12.2. The molecule has 0 unspecified atom stereocenters. The molecule has 0 heterocycles. The van der Waals surface area contributed by atoms with Gasteiger partial charge >= 0.3 is 0 Å². The van der Waals surface area contributed by atoms with Gasteiger partial charge in [-0.25, -0.2) is 0 Å². The van der Waals surface area contributed by atoms with Crippen LogP contribution in [0.2, 0.25) is 5.02 Å². The molecule has 0 aromatic heterocycles. The molecule has 0 aliphatic rings. The van der Waals surface area contributed by atoms with Gasteiger partial charge in [-0.2, -0.15) is 0 Å². The second kappa shape index (κ2) is 6.41. The van der Waals surface area contributed by atoms with Crippen molar-refractivity contribution in [1.29, 1.82) is 0 Å². The van der Waals surface area contributed by atoms with Gasteiger partial charge in [0.1, 0.15) is 0 Å². The highest BCUT2D eigenvalue weighted by Crippen LogP contribution is 2.20. The highest BCUT2D eigenvalue weighted by atomic mass is 35.5. The summed E-state index contributed by atoms with van der Waals surface area (Å²) in [5.41, 5.74) is 7.24. The van der Waals surface area contributed by atoms with Gasteiger partial charge in [0.25, 0.3) is 5.91 Å². The molecule has 2 aromatic rings. The largest absolute Gasteiger partial charge is 0.399 e. The van der Waals surface area contributed by atoms with E-state index in [1.165, 1.54) is 6.07 Å². The number of nitrogen functional groups attached to an aromatic ring is 1. The van der Waals surface area contributed by atoms with Gasteiger partial charge in [-0.05, 0) is 23.8 Å². The van der Waals surface area contributed by atoms with E-state index in [2.05, 4.69) is 5.32 Å². The number of carbonyl (C=O) groups excluding carboxylic acids is 1. The number of halogens is 1. The van der Waals surface area contributed by atoms with E-state index in [1.54, 1.807) is 12.1 Å². The van der Waals surface area contributed by atoms with Gasteiger partial charge in [0.15, 0.2) is 0 Å². The number of nitrogens with two attached hydrogens (primary N) is 1. The third-order valence-corrected chi connectivity index (χ3v) is 3.24. The first-order valence-electron chi connectivity index (χ1n) is 6.13. The zero-order chi connectivity index (χ0) is 14.5. The smallest absolute Gasteiger partial charge is 0.253 e. The fourth-order valence-electron chi connectivity index (χ4n) is 1.87. The van der Waals surface area contributed by atoms with E-state index in [4.69, 9.17) is 17.3 Å². The molecule has 0 bridgehead atoms. The molecule has 5 heteroatoms. The monoisotopic (exact) mass is 290 g/mol. The van der Waals surface area contributed by atoms with Crippen LogP contribution in [0, 0.1) is 0 Å². The zero-order valence-electron chi connectivity index (χ0n) is 10.7. The third-order valence-electron chi connectivity index (χ3n) is 2.93. The number of carbonyl (C=O) groups is 1. The summed E-state index contributed by atoms with van der Waals surface area (Å²) in [7, 11) is 0. The Morgan fingerprint density at radius 1 is 1.25 bits per heavy atom. The van der Waals surface area contributed by atoms with Crippen LogP contribution in [0.15, 0.2) is 48.5 Å². The molecule has 4 N–H and O–H groups in total. The lowest BCUT2D eigenvalue weighted by Crippen LogP contribution is -2.31. The van der Waals surface area contributed by atoms with E-state index in [0.29, 0.717) is 11.3 Å². The Balaban J connectivity index is 2.17. The minimum absolute atomic E-state index is 0.192. The molecule has 20 heavy (non-hydrogen) atoms. The fraction of sp³-hybridized carbons (Fsp3) is 0.133. The van der Waals surface area contributed by atoms with Crippen molar-refractivity contribution in [1.82, 2.24) is 5.32 Å². The Bertz CT molecular complexity index is 602. The molecule has 104 valence electrons. The number of benzene rings is 2. The Morgan fingerprint density at radius 2 is 1.95 bits per heavy atom. The normalized spacial score (nSPS) is 11.9. The predicted molar refractivity (Wildman–Crippen MR) is 79.6 cm³/mol. The van der Waals surface area contributed by atoms with Gasteiger partial charge in [0, 0.05) is 5.69 Å². The zero-order valence-corrected chi connectivity index (χ0v) is 11.5. The Hall–Kier alpha value is -2.04. The third kappa shape index (κ3) is 3.29. The van der Waals surface area contributed by atoms with Crippen LogP contribution >= 0.6 is 11.6 Å². The van der Waals surface area contributed by atoms with Gasteiger partial charge in [-0.3, -0.25) is 4.79 Å². The quantitative estimate of drug-likeness (QED) is 0.757. The van der Waals surface area contributed by atoms with Gasteiger partial charge in [0.2, 0.25) is 0 Å². The molecule has 0 spiro atoms. The summed E-state index contributed by atoms with van der Waals surface area (Å²) < 4.78 is 0. The molecule has 0 saturated carbocycles. The molecule has 1 amide bonds. The maximum Gasteiger partial charge on any atom is 0.253 e. The van der Waals surface area contributed by atoms with Crippen LogP contribution in [0.1, 0.15) is 22.0 Å². The van der Waals surface area contributed by atoms with E-state index >= 15 is 0 Å². The average Bonchev–Trinajstić information content (AvgIpc) is 2.45. The Kier molecular flexibility index (Phi) is 4.61. The minimum atomic E-state index is -0.475. The number of hydrogen-bond acceptors (Lipinski definition) is 3. The number of anilines is 1. The number of aliphatic hydroxyl groups is 1. The second-order valence-corrected chi connectivity index (χ2v) is 4.77. The summed E-state index contributed by atoms with van der Waals surface area (Å²) in [4.78, 5) is 12.2. The van der Waals surface area contributed by atoms with Crippen molar-refractivity contribution in [2.45, 2.75) is 6.04 Å². The highest BCUT2D eigenvalue weighted by Gasteiger charge is 2.16. The molecular weight excluding hydrogens is 276 g/mol. The van der Waals surface area contributed by atoms with Gasteiger partial charge in [-0.1, -0.05) is 41.9 Å². The van der Waals surface area contributed by atoms with Crippen molar-refractivity contribution < 1.29 is 9.90 Å². The van der Waals surface area contributed by atoms with Crippen LogP contribution < -0.4 is 11.1 Å². The van der Waals surface area contributed by atoms with Crippen LogP contribution in [-0.4, -0.2) is 17.6 Å². The fourth-order valence-corrected chi connectivity index (χ4v) is 2.15. The minimum Gasteiger partial charge on any atom is -0.399 e. The molecule has 0 fully saturated rings. The lowest BCUT2D eigenvalue weighted by Gasteiger charge is -2.17. The van der Waals surface area contributed by atoms with Gasteiger partial charge < -0.3 is 16.2 Å². The maximum absolute atomic E-state index is 12.2. The number of hydrogen-bond donors (Lipinski definition) is 3. The van der Waals surface area contributed by atoms with Crippen LogP contribution in [0.3, 0.4) is 0 Å². The molecule has 0 saturated heterocycles. The lowest BCUT2D eigenvalue weighted by molar-refractivity contribution is 0.0916. The van der Waals surface area contributed by atoms with E-state index in [9.17, 15) is 9.90 Å².